The number of carbonyl (C=O) groups is 2. The van der Waals surface area contributed by atoms with E-state index in [0.717, 1.165) is 18.1 Å². The molecule has 206 valence electrons. The number of rotatable bonds is 11. The average molecular weight is 536 g/mol. The molecule has 3 aromatic rings. The van der Waals surface area contributed by atoms with E-state index in [1.807, 2.05) is 18.2 Å². The third kappa shape index (κ3) is 6.52. The summed E-state index contributed by atoms with van der Waals surface area (Å²) in [6, 6.07) is 19.4. The van der Waals surface area contributed by atoms with E-state index in [2.05, 4.69) is 29.7 Å². The molecule has 0 aromatic heterocycles. The number of benzene rings is 3. The van der Waals surface area contributed by atoms with Gasteiger partial charge in [-0.25, -0.2) is 8.78 Å². The largest absolute Gasteiger partial charge is 0.390 e. The van der Waals surface area contributed by atoms with Crippen molar-refractivity contribution in [1.82, 2.24) is 15.5 Å². The van der Waals surface area contributed by atoms with Crippen molar-refractivity contribution in [3.63, 3.8) is 0 Å². The maximum absolute atomic E-state index is 14.0. The molecule has 3 atom stereocenters. The Morgan fingerprint density at radius 2 is 1.69 bits per heavy atom. The molecular weight excluding hydrogens is 500 g/mol. The lowest BCUT2D eigenvalue weighted by Gasteiger charge is -2.37. The van der Waals surface area contributed by atoms with Gasteiger partial charge in [0.15, 0.2) is 0 Å². The van der Waals surface area contributed by atoms with Crippen molar-refractivity contribution >= 4 is 11.8 Å². The number of aliphatic hydroxyl groups excluding tert-OH is 1. The molecule has 1 saturated heterocycles. The summed E-state index contributed by atoms with van der Waals surface area (Å²) in [5, 5.41) is 17.4. The van der Waals surface area contributed by atoms with Gasteiger partial charge in [-0.3, -0.25) is 9.59 Å². The normalized spacial score (nSPS) is 18.7. The van der Waals surface area contributed by atoms with E-state index in [4.69, 9.17) is 0 Å². The summed E-state index contributed by atoms with van der Waals surface area (Å²) in [6.45, 7) is 2.72. The van der Waals surface area contributed by atoms with Crippen LogP contribution in [0.5, 0.6) is 0 Å². The number of amides is 2. The molecule has 0 aliphatic carbocycles. The monoisotopic (exact) mass is 535 g/mol. The van der Waals surface area contributed by atoms with Gasteiger partial charge in [0.2, 0.25) is 5.91 Å². The first-order chi connectivity index (χ1) is 18.7. The SMILES string of the molecule is CCc1cccc(CNC[C@@H](O)[C@H](Cc2cc(F)cc(F)c2)NC(=O)[C@]2(c3ccccc3)CCC(=O)N2C)c1. The predicted molar refractivity (Wildman–Crippen MR) is 146 cm³/mol. The molecule has 0 unspecified atom stereocenters. The first-order valence-electron chi connectivity index (χ1n) is 13.3. The highest BCUT2D eigenvalue weighted by molar-refractivity contribution is 5.95. The summed E-state index contributed by atoms with van der Waals surface area (Å²) < 4.78 is 27.9. The highest BCUT2D eigenvalue weighted by Gasteiger charge is 2.51. The van der Waals surface area contributed by atoms with E-state index >= 15 is 0 Å². The highest BCUT2D eigenvalue weighted by Crippen LogP contribution is 2.39. The van der Waals surface area contributed by atoms with Crippen LogP contribution >= 0.6 is 0 Å². The van der Waals surface area contributed by atoms with E-state index in [9.17, 15) is 23.5 Å². The van der Waals surface area contributed by atoms with Crippen LogP contribution in [0.15, 0.2) is 72.8 Å². The molecule has 1 heterocycles. The van der Waals surface area contributed by atoms with E-state index in [0.29, 0.717) is 17.7 Å². The third-order valence-corrected chi connectivity index (χ3v) is 7.52. The fourth-order valence-electron chi connectivity index (χ4n) is 5.30. The van der Waals surface area contributed by atoms with Gasteiger partial charge in [0.05, 0.1) is 12.1 Å². The Morgan fingerprint density at radius 1 is 1.00 bits per heavy atom. The quantitative estimate of drug-likeness (QED) is 0.349. The van der Waals surface area contributed by atoms with Crippen molar-refractivity contribution in [3.05, 3.63) is 107 Å². The molecule has 3 aromatic carbocycles. The molecule has 39 heavy (non-hydrogen) atoms. The molecule has 0 saturated carbocycles. The second-order valence-corrected chi connectivity index (χ2v) is 10.1. The van der Waals surface area contributed by atoms with Gasteiger partial charge >= 0.3 is 0 Å². The van der Waals surface area contributed by atoms with Gasteiger partial charge in [0.1, 0.15) is 17.2 Å². The van der Waals surface area contributed by atoms with Crippen LogP contribution in [0.4, 0.5) is 8.78 Å². The Morgan fingerprint density at radius 3 is 2.33 bits per heavy atom. The maximum atomic E-state index is 14.0. The molecule has 1 fully saturated rings. The standard InChI is InChI=1S/C31H35F2N3O3/c1-3-21-8-7-9-22(14-21)19-34-20-28(37)27(17-23-15-25(32)18-26(33)16-23)35-30(39)31(13-12-29(38)36(31)2)24-10-5-4-6-11-24/h4-11,14-16,18,27-28,34,37H,3,12-13,17,19-20H2,1-2H3,(H,35,39)/t27-,28+,31+/m0/s1. The molecule has 4 rings (SSSR count). The molecule has 0 spiro atoms. The summed E-state index contributed by atoms with van der Waals surface area (Å²) in [4.78, 5) is 28.0. The van der Waals surface area contributed by atoms with Crippen LogP contribution in [0.2, 0.25) is 0 Å². The highest BCUT2D eigenvalue weighted by atomic mass is 19.1. The van der Waals surface area contributed by atoms with Crippen molar-refractivity contribution in [3.8, 4) is 0 Å². The van der Waals surface area contributed by atoms with Crippen LogP contribution in [0.1, 0.15) is 42.0 Å². The van der Waals surface area contributed by atoms with Crippen LogP contribution in [-0.4, -0.2) is 47.6 Å². The number of aliphatic hydroxyl groups is 1. The minimum atomic E-state index is -1.25. The number of aryl methyl sites for hydroxylation is 1. The van der Waals surface area contributed by atoms with Crippen LogP contribution in [0, 0.1) is 11.6 Å². The number of nitrogens with zero attached hydrogens (tertiary/aromatic N) is 1. The first-order valence-corrected chi connectivity index (χ1v) is 13.3. The number of likely N-dealkylation sites (N-methyl/N-ethyl adjacent to an activating group) is 1. The van der Waals surface area contributed by atoms with E-state index < -0.39 is 35.2 Å². The number of carbonyl (C=O) groups excluding carboxylic acids is 2. The van der Waals surface area contributed by atoms with Crippen molar-refractivity contribution in [2.75, 3.05) is 13.6 Å². The van der Waals surface area contributed by atoms with Gasteiger partial charge in [0, 0.05) is 32.6 Å². The summed E-state index contributed by atoms with van der Waals surface area (Å²) in [5.41, 5.74) is 1.97. The number of halogens is 2. The van der Waals surface area contributed by atoms with Gasteiger partial charge in [-0.1, -0.05) is 61.5 Å². The minimum Gasteiger partial charge on any atom is -0.390 e. The Balaban J connectivity index is 1.56. The molecule has 1 aliphatic rings. The molecule has 3 N–H and O–H groups in total. The number of hydrogen-bond acceptors (Lipinski definition) is 4. The number of nitrogens with one attached hydrogen (secondary N) is 2. The molecule has 1 aliphatic heterocycles. The zero-order valence-electron chi connectivity index (χ0n) is 22.3. The summed E-state index contributed by atoms with van der Waals surface area (Å²) in [5.74, 6) is -2.08. The van der Waals surface area contributed by atoms with Crippen molar-refractivity contribution in [1.29, 1.82) is 0 Å². The Hall–Kier alpha value is -3.62. The third-order valence-electron chi connectivity index (χ3n) is 7.52. The fourth-order valence-corrected chi connectivity index (χ4v) is 5.30. The second-order valence-electron chi connectivity index (χ2n) is 10.1. The van der Waals surface area contributed by atoms with E-state index in [1.54, 1.807) is 31.3 Å². The summed E-state index contributed by atoms with van der Waals surface area (Å²) in [6.07, 6.45) is 0.317. The van der Waals surface area contributed by atoms with E-state index in [1.165, 1.54) is 22.6 Å². The topological polar surface area (TPSA) is 81.7 Å². The van der Waals surface area contributed by atoms with Gasteiger partial charge in [-0.2, -0.15) is 0 Å². The van der Waals surface area contributed by atoms with Gasteiger partial charge in [0.25, 0.3) is 5.91 Å². The minimum absolute atomic E-state index is 0.00286. The average Bonchev–Trinajstić information content (AvgIpc) is 3.23. The molecule has 2 amide bonds. The Bertz CT molecular complexity index is 1280. The molecule has 8 heteroatoms. The molecular formula is C31H35F2N3O3. The molecule has 0 bridgehead atoms. The van der Waals surface area contributed by atoms with Gasteiger partial charge in [-0.15, -0.1) is 0 Å². The number of likely N-dealkylation sites (tertiary alicyclic amines) is 1. The van der Waals surface area contributed by atoms with Crippen molar-refractivity contribution < 1.29 is 23.5 Å². The van der Waals surface area contributed by atoms with Crippen LogP contribution < -0.4 is 10.6 Å². The van der Waals surface area contributed by atoms with Gasteiger partial charge < -0.3 is 20.6 Å². The second kappa shape index (κ2) is 12.5. The van der Waals surface area contributed by atoms with Crippen LogP contribution in [0.3, 0.4) is 0 Å². The van der Waals surface area contributed by atoms with Crippen LogP contribution in [-0.2, 0) is 34.5 Å². The van der Waals surface area contributed by atoms with Gasteiger partial charge in [-0.05, 0) is 53.6 Å². The lowest BCUT2D eigenvalue weighted by Crippen LogP contribution is -2.58. The molecule has 6 nitrogen and oxygen atoms in total. The van der Waals surface area contributed by atoms with Crippen molar-refractivity contribution in [2.24, 2.45) is 0 Å². The first kappa shape index (κ1) is 28.4. The number of hydrogen-bond donors (Lipinski definition) is 3. The Kier molecular flexibility index (Phi) is 9.09. The van der Waals surface area contributed by atoms with Crippen molar-refractivity contribution in [2.45, 2.75) is 56.8 Å². The zero-order chi connectivity index (χ0) is 28.0. The van der Waals surface area contributed by atoms with Crippen LogP contribution in [0.25, 0.3) is 0 Å². The van der Waals surface area contributed by atoms with E-state index in [-0.39, 0.29) is 31.7 Å². The Labute approximate surface area is 228 Å². The molecule has 0 radical (unpaired) electrons. The summed E-state index contributed by atoms with van der Waals surface area (Å²) >= 11 is 0. The smallest absolute Gasteiger partial charge is 0.250 e. The summed E-state index contributed by atoms with van der Waals surface area (Å²) in [7, 11) is 1.60. The lowest BCUT2D eigenvalue weighted by atomic mass is 9.85. The zero-order valence-corrected chi connectivity index (χ0v) is 22.3. The maximum Gasteiger partial charge on any atom is 0.250 e. The predicted octanol–water partition coefficient (Wildman–Crippen LogP) is 3.85. The fraction of sp³-hybridized carbons (Fsp3) is 0.355. The lowest BCUT2D eigenvalue weighted by molar-refractivity contribution is -0.141.